The van der Waals surface area contributed by atoms with Crippen molar-refractivity contribution in [2.24, 2.45) is 5.92 Å². The second kappa shape index (κ2) is 8.47. The molecule has 5 heteroatoms. The maximum absolute atomic E-state index is 13.3. The Hall–Kier alpha value is -1.88. The van der Waals surface area contributed by atoms with Crippen LogP contribution < -0.4 is 0 Å². The molecule has 0 N–H and O–H groups in total. The zero-order valence-electron chi connectivity index (χ0n) is 17.8. The van der Waals surface area contributed by atoms with Gasteiger partial charge >= 0.3 is 0 Å². The SMILES string of the molecule is CC(C)CC(=O)N1CCC2(CC1)C[C@@H](N(C(=O)c1ccccc1)C1CC1)CCO2. The number of hydrogen-bond acceptors (Lipinski definition) is 3. The fourth-order valence-electron chi connectivity index (χ4n) is 4.94. The van der Waals surface area contributed by atoms with Gasteiger partial charge in [-0.25, -0.2) is 0 Å². The molecule has 158 valence electrons. The molecule has 1 spiro atoms. The Kier molecular flexibility index (Phi) is 5.95. The van der Waals surface area contributed by atoms with Gasteiger partial charge in [0.1, 0.15) is 0 Å². The molecule has 1 aromatic carbocycles. The Morgan fingerprint density at radius 3 is 2.41 bits per heavy atom. The van der Waals surface area contributed by atoms with Crippen molar-refractivity contribution in [2.45, 2.75) is 76.5 Å². The predicted molar refractivity (Wildman–Crippen MR) is 113 cm³/mol. The molecule has 0 bridgehead atoms. The van der Waals surface area contributed by atoms with E-state index in [1.54, 1.807) is 0 Å². The van der Waals surface area contributed by atoms with Crippen molar-refractivity contribution in [3.05, 3.63) is 35.9 Å². The average Bonchev–Trinajstić information content (AvgIpc) is 3.54. The van der Waals surface area contributed by atoms with Crippen LogP contribution in [-0.4, -0.2) is 59.0 Å². The molecule has 5 nitrogen and oxygen atoms in total. The maximum atomic E-state index is 13.3. The van der Waals surface area contributed by atoms with E-state index >= 15 is 0 Å². The molecule has 2 heterocycles. The van der Waals surface area contributed by atoms with Crippen molar-refractivity contribution < 1.29 is 14.3 Å². The summed E-state index contributed by atoms with van der Waals surface area (Å²) in [5.74, 6) is 0.825. The molecular weight excluding hydrogens is 364 g/mol. The molecule has 3 fully saturated rings. The molecule has 0 radical (unpaired) electrons. The number of rotatable bonds is 5. The van der Waals surface area contributed by atoms with E-state index in [4.69, 9.17) is 4.74 Å². The third-order valence-corrected chi connectivity index (χ3v) is 6.67. The number of hydrogen-bond donors (Lipinski definition) is 0. The van der Waals surface area contributed by atoms with Crippen LogP contribution in [0.3, 0.4) is 0 Å². The second-order valence-electron chi connectivity index (χ2n) is 9.47. The summed E-state index contributed by atoms with van der Waals surface area (Å²) in [4.78, 5) is 29.9. The minimum absolute atomic E-state index is 0.166. The summed E-state index contributed by atoms with van der Waals surface area (Å²) in [5, 5.41) is 0. The van der Waals surface area contributed by atoms with E-state index in [0.717, 1.165) is 57.2 Å². The Morgan fingerprint density at radius 2 is 1.79 bits per heavy atom. The maximum Gasteiger partial charge on any atom is 0.254 e. The first-order chi connectivity index (χ1) is 14.0. The van der Waals surface area contributed by atoms with Gasteiger partial charge in [-0.2, -0.15) is 0 Å². The van der Waals surface area contributed by atoms with E-state index in [2.05, 4.69) is 18.7 Å². The van der Waals surface area contributed by atoms with Gasteiger partial charge in [-0.15, -0.1) is 0 Å². The summed E-state index contributed by atoms with van der Waals surface area (Å²) < 4.78 is 6.31. The minimum Gasteiger partial charge on any atom is -0.375 e. The van der Waals surface area contributed by atoms with Gasteiger partial charge in [0.2, 0.25) is 5.91 Å². The number of carbonyl (C=O) groups excluding carboxylic acids is 2. The molecule has 1 atom stereocenters. The number of amides is 2. The van der Waals surface area contributed by atoms with Gasteiger partial charge in [0.15, 0.2) is 0 Å². The topological polar surface area (TPSA) is 49.9 Å². The van der Waals surface area contributed by atoms with Crippen molar-refractivity contribution in [1.82, 2.24) is 9.80 Å². The Bertz CT molecular complexity index is 721. The first-order valence-corrected chi connectivity index (χ1v) is 11.3. The van der Waals surface area contributed by atoms with Crippen LogP contribution in [0, 0.1) is 5.92 Å². The number of nitrogens with zero attached hydrogens (tertiary/aromatic N) is 2. The van der Waals surface area contributed by atoms with Crippen molar-refractivity contribution >= 4 is 11.8 Å². The van der Waals surface area contributed by atoms with Crippen LogP contribution in [0.1, 0.15) is 69.2 Å². The number of benzene rings is 1. The molecule has 29 heavy (non-hydrogen) atoms. The predicted octanol–water partition coefficient (Wildman–Crippen LogP) is 3.88. The molecule has 0 aromatic heterocycles. The van der Waals surface area contributed by atoms with Crippen LogP contribution >= 0.6 is 0 Å². The van der Waals surface area contributed by atoms with Gasteiger partial charge in [0.05, 0.1) is 5.60 Å². The number of likely N-dealkylation sites (tertiary alicyclic amines) is 1. The van der Waals surface area contributed by atoms with E-state index in [1.165, 1.54) is 0 Å². The number of piperidine rings is 1. The van der Waals surface area contributed by atoms with Gasteiger partial charge in [-0.05, 0) is 56.6 Å². The van der Waals surface area contributed by atoms with Crippen LogP contribution in [0.25, 0.3) is 0 Å². The Morgan fingerprint density at radius 1 is 1.10 bits per heavy atom. The first kappa shape index (κ1) is 20.4. The highest BCUT2D eigenvalue weighted by molar-refractivity contribution is 5.94. The van der Waals surface area contributed by atoms with Gasteiger partial charge in [0.25, 0.3) is 5.91 Å². The highest BCUT2D eigenvalue weighted by Gasteiger charge is 2.46. The Balaban J connectivity index is 1.42. The van der Waals surface area contributed by atoms with Crippen molar-refractivity contribution in [3.8, 4) is 0 Å². The van der Waals surface area contributed by atoms with Gasteiger partial charge < -0.3 is 14.5 Å². The minimum atomic E-state index is -0.179. The van der Waals surface area contributed by atoms with Crippen LogP contribution in [0.15, 0.2) is 30.3 Å². The van der Waals surface area contributed by atoms with E-state index in [-0.39, 0.29) is 23.5 Å². The number of carbonyl (C=O) groups is 2. The molecule has 2 aliphatic heterocycles. The first-order valence-electron chi connectivity index (χ1n) is 11.3. The monoisotopic (exact) mass is 398 g/mol. The zero-order chi connectivity index (χ0) is 20.4. The fraction of sp³-hybridized carbons (Fsp3) is 0.667. The largest absolute Gasteiger partial charge is 0.375 e. The lowest BCUT2D eigenvalue weighted by Gasteiger charge is -2.48. The van der Waals surface area contributed by atoms with Crippen LogP contribution in [-0.2, 0) is 9.53 Å². The summed E-state index contributed by atoms with van der Waals surface area (Å²) in [5.41, 5.74) is 0.607. The van der Waals surface area contributed by atoms with Crippen LogP contribution in [0.5, 0.6) is 0 Å². The lowest BCUT2D eigenvalue weighted by Crippen LogP contribution is -2.55. The van der Waals surface area contributed by atoms with Crippen molar-refractivity contribution in [3.63, 3.8) is 0 Å². The summed E-state index contributed by atoms with van der Waals surface area (Å²) in [7, 11) is 0. The Labute approximate surface area is 174 Å². The lowest BCUT2D eigenvalue weighted by atomic mass is 9.81. The second-order valence-corrected chi connectivity index (χ2v) is 9.47. The molecule has 1 aliphatic carbocycles. The lowest BCUT2D eigenvalue weighted by molar-refractivity contribution is -0.148. The third kappa shape index (κ3) is 4.66. The van der Waals surface area contributed by atoms with E-state index < -0.39 is 0 Å². The highest BCUT2D eigenvalue weighted by atomic mass is 16.5. The summed E-state index contributed by atoms with van der Waals surface area (Å²) in [6.45, 7) is 6.43. The standard InChI is InChI=1S/C24H34N2O3/c1-18(2)16-22(27)25-13-11-24(12-14-25)17-21(10-15-29-24)26(20-8-9-20)23(28)19-6-4-3-5-7-19/h3-7,18,20-21H,8-17H2,1-2H3/t21-/m0/s1. The van der Waals surface area contributed by atoms with Gasteiger partial charge in [-0.3, -0.25) is 9.59 Å². The van der Waals surface area contributed by atoms with Crippen molar-refractivity contribution in [1.29, 1.82) is 0 Å². The third-order valence-electron chi connectivity index (χ3n) is 6.67. The van der Waals surface area contributed by atoms with Crippen molar-refractivity contribution in [2.75, 3.05) is 19.7 Å². The molecular formula is C24H34N2O3. The van der Waals surface area contributed by atoms with E-state index in [0.29, 0.717) is 25.0 Å². The van der Waals surface area contributed by atoms with Gasteiger partial charge in [0, 0.05) is 43.8 Å². The summed E-state index contributed by atoms with van der Waals surface area (Å²) in [6.07, 6.45) is 6.41. The molecule has 1 aromatic rings. The van der Waals surface area contributed by atoms with E-state index in [1.807, 2.05) is 35.2 Å². The molecule has 4 rings (SSSR count). The highest BCUT2D eigenvalue weighted by Crippen LogP contribution is 2.40. The number of ether oxygens (including phenoxy) is 1. The molecule has 1 saturated carbocycles. The normalized spacial score (nSPS) is 24.0. The summed E-state index contributed by atoms with van der Waals surface area (Å²) >= 11 is 0. The van der Waals surface area contributed by atoms with Crippen LogP contribution in [0.4, 0.5) is 0 Å². The zero-order valence-corrected chi connectivity index (χ0v) is 17.8. The van der Waals surface area contributed by atoms with Crippen LogP contribution in [0.2, 0.25) is 0 Å². The van der Waals surface area contributed by atoms with Gasteiger partial charge in [-0.1, -0.05) is 32.0 Å². The average molecular weight is 399 g/mol. The fourth-order valence-corrected chi connectivity index (χ4v) is 4.94. The molecule has 2 amide bonds. The quantitative estimate of drug-likeness (QED) is 0.756. The summed E-state index contributed by atoms with van der Waals surface area (Å²) in [6, 6.07) is 10.3. The smallest absolute Gasteiger partial charge is 0.254 e. The molecule has 0 unspecified atom stereocenters. The van der Waals surface area contributed by atoms with E-state index in [9.17, 15) is 9.59 Å². The molecule has 2 saturated heterocycles. The molecule has 3 aliphatic rings.